The molecule has 110 valence electrons. The third-order valence-corrected chi connectivity index (χ3v) is 3.35. The van der Waals surface area contributed by atoms with Crippen molar-refractivity contribution in [1.29, 1.82) is 0 Å². The summed E-state index contributed by atoms with van der Waals surface area (Å²) in [6.07, 6.45) is 0. The molecule has 0 saturated carbocycles. The molecule has 0 aliphatic carbocycles. The molecule has 0 aliphatic rings. The molecule has 5 heteroatoms. The molecular formula is C16H17ClN2O2. The fourth-order valence-corrected chi connectivity index (χ4v) is 1.99. The molecule has 0 bridgehead atoms. The van der Waals surface area contributed by atoms with E-state index in [4.69, 9.17) is 16.3 Å². The van der Waals surface area contributed by atoms with Gasteiger partial charge in [-0.05, 0) is 35.9 Å². The second-order valence-corrected chi connectivity index (χ2v) is 4.86. The van der Waals surface area contributed by atoms with E-state index in [1.165, 1.54) is 0 Å². The molecule has 0 saturated heterocycles. The maximum atomic E-state index is 11.8. The molecule has 0 aromatic heterocycles. The van der Waals surface area contributed by atoms with Gasteiger partial charge in [0.2, 0.25) is 5.91 Å². The number of carbonyl (C=O) groups excluding carboxylic acids is 1. The second-order valence-electron chi connectivity index (χ2n) is 4.45. The lowest BCUT2D eigenvalue weighted by molar-refractivity contribution is -0.119. The normalized spacial score (nSPS) is 10.0. The van der Waals surface area contributed by atoms with Crippen LogP contribution in [0.4, 0.5) is 5.69 Å². The molecule has 2 N–H and O–H groups in total. The number of ether oxygens (including phenoxy) is 1. The van der Waals surface area contributed by atoms with Gasteiger partial charge in [0.1, 0.15) is 5.75 Å². The summed E-state index contributed by atoms with van der Waals surface area (Å²) in [6, 6.07) is 14.8. The van der Waals surface area contributed by atoms with E-state index in [1.807, 2.05) is 42.5 Å². The quantitative estimate of drug-likeness (QED) is 0.862. The average Bonchev–Trinajstić information content (AvgIpc) is 2.52. The van der Waals surface area contributed by atoms with Crippen LogP contribution in [0.15, 0.2) is 48.5 Å². The molecular weight excluding hydrogens is 288 g/mol. The molecule has 2 aromatic rings. The van der Waals surface area contributed by atoms with Gasteiger partial charge in [0.15, 0.2) is 0 Å². The van der Waals surface area contributed by atoms with Gasteiger partial charge < -0.3 is 15.4 Å². The van der Waals surface area contributed by atoms with Gasteiger partial charge in [-0.25, -0.2) is 0 Å². The van der Waals surface area contributed by atoms with Gasteiger partial charge >= 0.3 is 0 Å². The van der Waals surface area contributed by atoms with Gasteiger partial charge in [0.05, 0.1) is 13.7 Å². The molecule has 0 fully saturated rings. The number of rotatable bonds is 6. The van der Waals surface area contributed by atoms with Crippen molar-refractivity contribution in [3.8, 4) is 5.75 Å². The number of anilines is 1. The Morgan fingerprint density at radius 1 is 1.14 bits per heavy atom. The van der Waals surface area contributed by atoms with Crippen LogP contribution in [0.1, 0.15) is 5.56 Å². The molecule has 0 aliphatic heterocycles. The number of carbonyl (C=O) groups is 1. The summed E-state index contributed by atoms with van der Waals surface area (Å²) < 4.78 is 5.07. The highest BCUT2D eigenvalue weighted by atomic mass is 35.5. The third kappa shape index (κ3) is 4.68. The summed E-state index contributed by atoms with van der Waals surface area (Å²) in [4.78, 5) is 11.8. The largest absolute Gasteiger partial charge is 0.497 e. The number of benzene rings is 2. The third-order valence-electron chi connectivity index (χ3n) is 2.98. The zero-order chi connectivity index (χ0) is 15.1. The fraction of sp³-hybridized carbons (Fsp3) is 0.188. The van der Waals surface area contributed by atoms with Gasteiger partial charge in [0, 0.05) is 17.3 Å². The Bertz CT molecular complexity index is 599. The van der Waals surface area contributed by atoms with E-state index >= 15 is 0 Å². The van der Waals surface area contributed by atoms with Crippen molar-refractivity contribution in [2.75, 3.05) is 19.0 Å². The number of amides is 1. The molecule has 21 heavy (non-hydrogen) atoms. The lowest BCUT2D eigenvalue weighted by Gasteiger charge is -2.09. The lowest BCUT2D eigenvalue weighted by atomic mass is 10.2. The summed E-state index contributed by atoms with van der Waals surface area (Å²) in [5.74, 6) is 0.689. The number of hydrogen-bond acceptors (Lipinski definition) is 3. The van der Waals surface area contributed by atoms with Crippen LogP contribution in [-0.4, -0.2) is 19.6 Å². The van der Waals surface area contributed by atoms with Crippen LogP contribution < -0.4 is 15.4 Å². The van der Waals surface area contributed by atoms with Crippen molar-refractivity contribution < 1.29 is 9.53 Å². The first-order valence-corrected chi connectivity index (χ1v) is 6.95. The number of nitrogens with one attached hydrogen (secondary N) is 2. The Morgan fingerprint density at radius 3 is 2.52 bits per heavy atom. The smallest absolute Gasteiger partial charge is 0.239 e. The van der Waals surface area contributed by atoms with Gasteiger partial charge in [-0.3, -0.25) is 4.79 Å². The van der Waals surface area contributed by atoms with Crippen molar-refractivity contribution in [2.24, 2.45) is 0 Å². The van der Waals surface area contributed by atoms with Gasteiger partial charge in [0.25, 0.3) is 0 Å². The lowest BCUT2D eigenvalue weighted by Crippen LogP contribution is -2.29. The van der Waals surface area contributed by atoms with Gasteiger partial charge in [-0.15, -0.1) is 0 Å². The zero-order valence-electron chi connectivity index (χ0n) is 11.7. The fourth-order valence-electron chi connectivity index (χ4n) is 1.79. The van der Waals surface area contributed by atoms with Crippen molar-refractivity contribution >= 4 is 23.2 Å². The minimum Gasteiger partial charge on any atom is -0.497 e. The summed E-state index contributed by atoms with van der Waals surface area (Å²) in [5, 5.41) is 6.52. The minimum atomic E-state index is -0.0919. The molecule has 4 nitrogen and oxygen atoms in total. The van der Waals surface area contributed by atoms with E-state index in [0.717, 1.165) is 17.0 Å². The Labute approximate surface area is 129 Å². The highest BCUT2D eigenvalue weighted by Gasteiger charge is 2.03. The van der Waals surface area contributed by atoms with Crippen LogP contribution in [-0.2, 0) is 11.3 Å². The van der Waals surface area contributed by atoms with Crippen LogP contribution in [0.3, 0.4) is 0 Å². The Kier molecular flexibility index (Phi) is 5.46. The first-order valence-electron chi connectivity index (χ1n) is 6.57. The SMILES string of the molecule is COc1ccc(NCC(=O)NCc2ccccc2Cl)cc1. The minimum absolute atomic E-state index is 0.0919. The molecule has 0 radical (unpaired) electrons. The van der Waals surface area contributed by atoms with E-state index < -0.39 is 0 Å². The molecule has 0 spiro atoms. The molecule has 2 aromatic carbocycles. The summed E-state index contributed by atoms with van der Waals surface area (Å²) >= 11 is 6.03. The van der Waals surface area contributed by atoms with Crippen molar-refractivity contribution in [1.82, 2.24) is 5.32 Å². The van der Waals surface area contributed by atoms with Crippen molar-refractivity contribution in [2.45, 2.75) is 6.54 Å². The highest BCUT2D eigenvalue weighted by molar-refractivity contribution is 6.31. The van der Waals surface area contributed by atoms with Crippen LogP contribution in [0.5, 0.6) is 5.75 Å². The Hall–Kier alpha value is -2.20. The maximum Gasteiger partial charge on any atom is 0.239 e. The molecule has 0 heterocycles. The maximum absolute atomic E-state index is 11.8. The van der Waals surface area contributed by atoms with Crippen molar-refractivity contribution in [3.05, 3.63) is 59.1 Å². The topological polar surface area (TPSA) is 50.4 Å². The predicted molar refractivity (Wildman–Crippen MR) is 84.8 cm³/mol. The molecule has 1 amide bonds. The first kappa shape index (κ1) is 15.2. The molecule has 0 unspecified atom stereocenters. The van der Waals surface area contributed by atoms with E-state index in [1.54, 1.807) is 13.2 Å². The van der Waals surface area contributed by atoms with Crippen LogP contribution in [0.2, 0.25) is 5.02 Å². The number of hydrogen-bond donors (Lipinski definition) is 2. The van der Waals surface area contributed by atoms with E-state index in [-0.39, 0.29) is 12.5 Å². The second kappa shape index (κ2) is 7.55. The Balaban J connectivity index is 1.78. The van der Waals surface area contributed by atoms with Crippen LogP contribution >= 0.6 is 11.6 Å². The monoisotopic (exact) mass is 304 g/mol. The molecule has 2 rings (SSSR count). The van der Waals surface area contributed by atoms with Gasteiger partial charge in [-0.2, -0.15) is 0 Å². The average molecular weight is 305 g/mol. The summed E-state index contributed by atoms with van der Waals surface area (Å²) in [5.41, 5.74) is 1.76. The number of halogens is 1. The zero-order valence-corrected chi connectivity index (χ0v) is 12.5. The van der Waals surface area contributed by atoms with Crippen molar-refractivity contribution in [3.63, 3.8) is 0 Å². The Morgan fingerprint density at radius 2 is 1.86 bits per heavy atom. The molecule has 0 atom stereocenters. The highest BCUT2D eigenvalue weighted by Crippen LogP contribution is 2.15. The van der Waals surface area contributed by atoms with E-state index in [0.29, 0.717) is 11.6 Å². The van der Waals surface area contributed by atoms with E-state index in [9.17, 15) is 4.79 Å². The summed E-state index contributed by atoms with van der Waals surface area (Å²) in [7, 11) is 1.62. The predicted octanol–water partition coefficient (Wildman–Crippen LogP) is 3.08. The van der Waals surface area contributed by atoms with Crippen LogP contribution in [0.25, 0.3) is 0 Å². The van der Waals surface area contributed by atoms with Gasteiger partial charge in [-0.1, -0.05) is 29.8 Å². The van der Waals surface area contributed by atoms with Crippen LogP contribution in [0, 0.1) is 0 Å². The summed E-state index contributed by atoms with van der Waals surface area (Å²) in [6.45, 7) is 0.625. The standard InChI is InChI=1S/C16H17ClN2O2/c1-21-14-8-6-13(7-9-14)18-11-16(20)19-10-12-4-2-3-5-15(12)17/h2-9,18H,10-11H2,1H3,(H,19,20). The number of methoxy groups -OCH3 is 1. The first-order chi connectivity index (χ1) is 10.2. The van der Waals surface area contributed by atoms with E-state index in [2.05, 4.69) is 10.6 Å².